The molecule has 10 nitrogen and oxygen atoms in total. The minimum atomic E-state index is -5.08. The Morgan fingerprint density at radius 3 is 2.55 bits per heavy atom. The largest absolute Gasteiger partial charge is 0.490 e. The van der Waals surface area contributed by atoms with E-state index in [4.69, 9.17) is 14.4 Å². The first-order chi connectivity index (χ1) is 14.6. The lowest BCUT2D eigenvalue weighted by Gasteiger charge is -2.24. The van der Waals surface area contributed by atoms with Gasteiger partial charge in [-0.3, -0.25) is 4.79 Å². The summed E-state index contributed by atoms with van der Waals surface area (Å²) in [5.74, 6) is -1.78. The van der Waals surface area contributed by atoms with Crippen LogP contribution in [0.1, 0.15) is 28.0 Å². The van der Waals surface area contributed by atoms with Gasteiger partial charge in [0.25, 0.3) is 5.91 Å². The van der Waals surface area contributed by atoms with E-state index in [-0.39, 0.29) is 11.7 Å². The number of nitrogens with one attached hydrogen (secondary N) is 2. The third-order valence-electron chi connectivity index (χ3n) is 4.26. The van der Waals surface area contributed by atoms with Crippen LogP contribution in [0.15, 0.2) is 41.2 Å². The second-order valence-electron chi connectivity index (χ2n) is 6.50. The third kappa shape index (κ3) is 5.45. The average molecular weight is 438 g/mol. The van der Waals surface area contributed by atoms with E-state index in [9.17, 15) is 18.0 Å². The van der Waals surface area contributed by atoms with Crippen LogP contribution < -0.4 is 10.6 Å². The van der Waals surface area contributed by atoms with Crippen LogP contribution in [0.3, 0.4) is 0 Å². The van der Waals surface area contributed by atoms with Crippen molar-refractivity contribution in [3.8, 4) is 5.69 Å². The first-order valence-corrected chi connectivity index (χ1v) is 8.91. The van der Waals surface area contributed by atoms with Gasteiger partial charge in [0.2, 0.25) is 5.76 Å². The van der Waals surface area contributed by atoms with Gasteiger partial charge in [-0.15, -0.1) is 0 Å². The summed E-state index contributed by atoms with van der Waals surface area (Å²) in [5, 5.41) is 21.2. The number of carboxylic acid groups (broad SMARTS) is 1. The Balaban J connectivity index is 0.000000339. The van der Waals surface area contributed by atoms with Crippen LogP contribution in [-0.2, 0) is 4.79 Å². The second kappa shape index (κ2) is 8.95. The first kappa shape index (κ1) is 22.0. The number of aromatic nitrogens is 4. The van der Waals surface area contributed by atoms with Crippen LogP contribution in [-0.4, -0.2) is 56.2 Å². The van der Waals surface area contributed by atoms with Gasteiger partial charge in [-0.05, 0) is 25.1 Å². The van der Waals surface area contributed by atoms with Crippen LogP contribution in [0.5, 0.6) is 0 Å². The van der Waals surface area contributed by atoms with Crippen molar-refractivity contribution >= 4 is 17.6 Å². The summed E-state index contributed by atoms with van der Waals surface area (Å²) in [4.78, 5) is 25.3. The molecule has 3 N–H and O–H groups in total. The molecular formula is C18H17F3N6O4. The van der Waals surface area contributed by atoms with E-state index in [1.54, 1.807) is 16.8 Å². The quantitative estimate of drug-likeness (QED) is 0.564. The zero-order valence-electron chi connectivity index (χ0n) is 16.1. The van der Waals surface area contributed by atoms with Gasteiger partial charge in [-0.25, -0.2) is 14.5 Å². The van der Waals surface area contributed by atoms with Gasteiger partial charge in [-0.1, -0.05) is 11.2 Å². The number of aryl methyl sites for hydroxylation is 1. The smallest absolute Gasteiger partial charge is 0.475 e. The standard InChI is InChI=1S/C16H16N6O2.C2HF3O2/c1-10-18-9-19-22(10)13-4-2-3-12(5-13)20-16(23)15-6-14(21-24-15)11-7-17-8-11;3-2(4,5)1(6)7/h2-6,9,11,17H,7-8H2,1H3,(H,20,23);(H,6,7). The number of hydrogen-bond acceptors (Lipinski definition) is 7. The number of halogens is 3. The van der Waals surface area contributed by atoms with Crippen LogP contribution in [0.25, 0.3) is 5.69 Å². The van der Waals surface area contributed by atoms with Gasteiger partial charge in [0.1, 0.15) is 12.2 Å². The number of amides is 1. The molecule has 0 bridgehead atoms. The van der Waals surface area contributed by atoms with Crippen molar-refractivity contribution in [3.05, 3.63) is 53.9 Å². The summed E-state index contributed by atoms with van der Waals surface area (Å²) in [5.41, 5.74) is 2.28. The molecule has 1 aliphatic rings. The molecule has 1 aliphatic heterocycles. The molecule has 0 atom stereocenters. The number of benzene rings is 1. The van der Waals surface area contributed by atoms with E-state index in [2.05, 4.69) is 25.9 Å². The van der Waals surface area contributed by atoms with E-state index in [0.29, 0.717) is 11.6 Å². The average Bonchev–Trinajstić information content (AvgIpc) is 3.29. The van der Waals surface area contributed by atoms with Crippen molar-refractivity contribution in [2.45, 2.75) is 19.0 Å². The zero-order valence-corrected chi connectivity index (χ0v) is 16.1. The van der Waals surface area contributed by atoms with E-state index < -0.39 is 12.1 Å². The van der Waals surface area contributed by atoms with Crippen molar-refractivity contribution in [1.82, 2.24) is 25.2 Å². The molecule has 1 amide bonds. The van der Waals surface area contributed by atoms with Crippen molar-refractivity contribution in [2.24, 2.45) is 0 Å². The first-order valence-electron chi connectivity index (χ1n) is 8.91. The Kier molecular flexibility index (Phi) is 6.34. The fraction of sp³-hybridized carbons (Fsp3) is 0.278. The number of rotatable bonds is 4. The molecule has 4 rings (SSSR count). The summed E-state index contributed by atoms with van der Waals surface area (Å²) >= 11 is 0. The predicted molar refractivity (Wildman–Crippen MR) is 99.9 cm³/mol. The van der Waals surface area contributed by atoms with E-state index >= 15 is 0 Å². The zero-order chi connectivity index (χ0) is 22.6. The van der Waals surface area contributed by atoms with Crippen molar-refractivity contribution in [2.75, 3.05) is 18.4 Å². The monoisotopic (exact) mass is 438 g/mol. The summed E-state index contributed by atoms with van der Waals surface area (Å²) in [6, 6.07) is 9.07. The number of carbonyl (C=O) groups is 2. The lowest BCUT2D eigenvalue weighted by molar-refractivity contribution is -0.192. The highest BCUT2D eigenvalue weighted by atomic mass is 19.4. The van der Waals surface area contributed by atoms with Gasteiger partial charge in [0.15, 0.2) is 0 Å². The summed E-state index contributed by atoms with van der Waals surface area (Å²) in [6.45, 7) is 3.60. The molecule has 0 spiro atoms. The molecule has 31 heavy (non-hydrogen) atoms. The van der Waals surface area contributed by atoms with Gasteiger partial charge in [0.05, 0.1) is 11.4 Å². The van der Waals surface area contributed by atoms with Crippen LogP contribution in [0.4, 0.5) is 18.9 Å². The number of nitrogens with zero attached hydrogens (tertiary/aromatic N) is 4. The lowest BCUT2D eigenvalue weighted by atomic mass is 9.99. The number of anilines is 1. The molecule has 13 heteroatoms. The molecular weight excluding hydrogens is 421 g/mol. The molecule has 2 aromatic heterocycles. The minimum Gasteiger partial charge on any atom is -0.475 e. The fourth-order valence-corrected chi connectivity index (χ4v) is 2.55. The Morgan fingerprint density at radius 2 is 2.00 bits per heavy atom. The number of carboxylic acids is 1. The maximum Gasteiger partial charge on any atom is 0.490 e. The molecule has 3 aromatic rings. The van der Waals surface area contributed by atoms with Crippen molar-refractivity contribution in [1.29, 1.82) is 0 Å². The summed E-state index contributed by atoms with van der Waals surface area (Å²) in [6.07, 6.45) is -3.59. The van der Waals surface area contributed by atoms with Gasteiger partial charge >= 0.3 is 12.1 Å². The number of hydrogen-bond donors (Lipinski definition) is 3. The highest BCUT2D eigenvalue weighted by molar-refractivity contribution is 6.02. The number of alkyl halides is 3. The molecule has 0 aliphatic carbocycles. The second-order valence-corrected chi connectivity index (χ2v) is 6.50. The van der Waals surface area contributed by atoms with Crippen molar-refractivity contribution in [3.63, 3.8) is 0 Å². The molecule has 164 valence electrons. The lowest BCUT2D eigenvalue weighted by Crippen LogP contribution is -2.40. The van der Waals surface area contributed by atoms with E-state index in [1.807, 2.05) is 25.1 Å². The van der Waals surface area contributed by atoms with Crippen LogP contribution in [0.2, 0.25) is 0 Å². The van der Waals surface area contributed by atoms with Crippen molar-refractivity contribution < 1.29 is 32.4 Å². The van der Waals surface area contributed by atoms with Crippen LogP contribution in [0, 0.1) is 6.92 Å². The Hall–Kier alpha value is -3.74. The fourth-order valence-electron chi connectivity index (χ4n) is 2.55. The molecule has 1 saturated heterocycles. The minimum absolute atomic E-state index is 0.208. The SMILES string of the molecule is Cc1ncnn1-c1cccc(NC(=O)c2cc(C3CNC3)no2)c1.O=C(O)C(F)(F)F. The molecule has 1 fully saturated rings. The third-order valence-corrected chi connectivity index (χ3v) is 4.26. The highest BCUT2D eigenvalue weighted by Gasteiger charge is 2.38. The van der Waals surface area contributed by atoms with Crippen LogP contribution >= 0.6 is 0 Å². The highest BCUT2D eigenvalue weighted by Crippen LogP contribution is 2.21. The van der Waals surface area contributed by atoms with E-state index in [1.165, 1.54) is 6.33 Å². The Labute approximate surface area is 173 Å². The predicted octanol–water partition coefficient (Wildman–Crippen LogP) is 2.14. The van der Waals surface area contributed by atoms with Gasteiger partial charge in [-0.2, -0.15) is 18.3 Å². The van der Waals surface area contributed by atoms with Gasteiger partial charge < -0.3 is 20.3 Å². The number of carbonyl (C=O) groups excluding carboxylic acids is 1. The molecule has 3 heterocycles. The van der Waals surface area contributed by atoms with Gasteiger partial charge in [0, 0.05) is 30.8 Å². The maximum absolute atomic E-state index is 12.3. The summed E-state index contributed by atoms with van der Waals surface area (Å²) < 4.78 is 38.6. The Morgan fingerprint density at radius 1 is 1.29 bits per heavy atom. The normalized spacial score (nSPS) is 13.7. The molecule has 0 saturated carbocycles. The maximum atomic E-state index is 12.3. The van der Waals surface area contributed by atoms with E-state index in [0.717, 1.165) is 30.3 Å². The molecule has 0 radical (unpaired) electrons. The Bertz CT molecular complexity index is 1070. The topological polar surface area (TPSA) is 135 Å². The number of aliphatic carboxylic acids is 1. The molecule has 0 unspecified atom stereocenters. The molecule has 1 aromatic carbocycles. The summed E-state index contributed by atoms with van der Waals surface area (Å²) in [7, 11) is 0.